The lowest BCUT2D eigenvalue weighted by Crippen LogP contribution is -2.34. The Balaban J connectivity index is 2.48. The maximum absolute atomic E-state index is 5.41. The minimum Gasteiger partial charge on any atom is -0.481 e. The molecule has 0 aliphatic rings. The van der Waals surface area contributed by atoms with Crippen LogP contribution in [-0.4, -0.2) is 6.61 Å². The Hall–Kier alpha value is -1.97. The van der Waals surface area contributed by atoms with E-state index in [9.17, 15) is 0 Å². The third-order valence-corrected chi connectivity index (χ3v) is 3.51. The van der Waals surface area contributed by atoms with Gasteiger partial charge in [-0.05, 0) is 18.1 Å². The molecule has 2 rings (SSSR count). The lowest BCUT2D eigenvalue weighted by Gasteiger charge is -2.00. The molecule has 1 heterocycles. The molecule has 0 saturated carbocycles. The number of thiazole rings is 1. The largest absolute Gasteiger partial charge is 0.481 e. The maximum atomic E-state index is 5.41. The smallest absolute Gasteiger partial charge is 0.236 e. The van der Waals surface area contributed by atoms with Crippen LogP contribution in [0.3, 0.4) is 0 Å². The molecule has 3 heteroatoms. The van der Waals surface area contributed by atoms with Crippen LogP contribution in [0.25, 0.3) is 10.2 Å². The second kappa shape index (κ2) is 4.91. The van der Waals surface area contributed by atoms with Crippen molar-refractivity contribution >= 4 is 21.6 Å². The van der Waals surface area contributed by atoms with Crippen molar-refractivity contribution in [2.75, 3.05) is 6.61 Å². The molecule has 0 aliphatic heterocycles. The lowest BCUT2D eigenvalue weighted by molar-refractivity contribution is -0.660. The second-order valence-corrected chi connectivity index (χ2v) is 4.77. The van der Waals surface area contributed by atoms with Crippen molar-refractivity contribution in [2.24, 2.45) is 0 Å². The van der Waals surface area contributed by atoms with E-state index >= 15 is 0 Å². The summed E-state index contributed by atoms with van der Waals surface area (Å²) in [5.41, 5.74) is 1.10. The first-order valence-electron chi connectivity index (χ1n) is 5.19. The van der Waals surface area contributed by atoms with E-state index in [4.69, 9.17) is 17.6 Å². The fraction of sp³-hybridized carbons (Fsp3) is 0.214. The van der Waals surface area contributed by atoms with Crippen LogP contribution in [-0.2, 0) is 6.54 Å². The number of nitrogens with zero attached hydrogens (tertiary/aromatic N) is 1. The zero-order chi connectivity index (χ0) is 12.3. The van der Waals surface area contributed by atoms with Gasteiger partial charge in [0.2, 0.25) is 17.1 Å². The molecule has 1 aromatic carbocycles. The number of ether oxygens (including phenoxy) is 1. The highest BCUT2D eigenvalue weighted by Gasteiger charge is 2.16. The highest BCUT2D eigenvalue weighted by molar-refractivity contribution is 7.18. The summed E-state index contributed by atoms with van der Waals surface area (Å²) in [4.78, 5) is 0. The van der Waals surface area contributed by atoms with Crippen molar-refractivity contribution < 1.29 is 9.30 Å². The molecule has 0 radical (unpaired) electrons. The molecular formula is C14H12NOS+. The van der Waals surface area contributed by atoms with Crippen molar-refractivity contribution in [3.63, 3.8) is 0 Å². The standard InChI is InChI=1S/C14H12NOS/c1-4-8-15-11(3)17-14-7-6-12(10-13(14)15)16-9-5-2/h1-2,6-7,10H,8-9H2,3H3/q+1. The molecule has 0 fully saturated rings. The summed E-state index contributed by atoms with van der Waals surface area (Å²) >= 11 is 1.72. The van der Waals surface area contributed by atoms with E-state index in [1.807, 2.05) is 18.2 Å². The summed E-state index contributed by atoms with van der Waals surface area (Å²) < 4.78 is 8.71. The fourth-order valence-electron chi connectivity index (χ4n) is 1.68. The zero-order valence-electron chi connectivity index (χ0n) is 9.56. The molecule has 1 aromatic heterocycles. The summed E-state index contributed by atoms with van der Waals surface area (Å²) in [6.07, 6.45) is 10.5. The van der Waals surface area contributed by atoms with E-state index < -0.39 is 0 Å². The van der Waals surface area contributed by atoms with Crippen molar-refractivity contribution in [2.45, 2.75) is 13.5 Å². The Morgan fingerprint density at radius 2 is 2.18 bits per heavy atom. The van der Waals surface area contributed by atoms with Gasteiger partial charge in [-0.15, -0.1) is 12.8 Å². The van der Waals surface area contributed by atoms with Crippen LogP contribution >= 0.6 is 11.3 Å². The van der Waals surface area contributed by atoms with Gasteiger partial charge < -0.3 is 4.74 Å². The predicted octanol–water partition coefficient (Wildman–Crippen LogP) is 2.14. The van der Waals surface area contributed by atoms with Crippen LogP contribution in [0.1, 0.15) is 5.01 Å². The van der Waals surface area contributed by atoms with Crippen molar-refractivity contribution in [3.05, 3.63) is 23.2 Å². The Morgan fingerprint density at radius 3 is 2.88 bits per heavy atom. The second-order valence-electron chi connectivity index (χ2n) is 3.53. The SMILES string of the molecule is C#CCOc1ccc2sc(C)[n+](CC#C)c2c1. The van der Waals surface area contributed by atoms with Crippen LogP contribution in [0.2, 0.25) is 0 Å². The summed E-state index contributed by atoms with van der Waals surface area (Å²) in [7, 11) is 0. The van der Waals surface area contributed by atoms with Gasteiger partial charge in [0.25, 0.3) is 0 Å². The van der Waals surface area contributed by atoms with Gasteiger partial charge in [-0.2, -0.15) is 4.57 Å². The first-order chi connectivity index (χ1) is 8.26. The molecule has 84 valence electrons. The molecule has 0 spiro atoms. The van der Waals surface area contributed by atoms with E-state index in [0.717, 1.165) is 11.3 Å². The molecular weight excluding hydrogens is 230 g/mol. The van der Waals surface area contributed by atoms with E-state index in [1.165, 1.54) is 9.71 Å². The van der Waals surface area contributed by atoms with Gasteiger partial charge in [-0.25, -0.2) is 0 Å². The minimum atomic E-state index is 0.282. The average molecular weight is 242 g/mol. The number of rotatable bonds is 3. The van der Waals surface area contributed by atoms with Gasteiger partial charge in [0.1, 0.15) is 17.1 Å². The third-order valence-electron chi connectivity index (χ3n) is 2.43. The van der Waals surface area contributed by atoms with Gasteiger partial charge >= 0.3 is 0 Å². The number of benzene rings is 1. The molecule has 0 atom stereocenters. The first-order valence-corrected chi connectivity index (χ1v) is 6.00. The molecule has 2 nitrogen and oxygen atoms in total. The Kier molecular flexibility index (Phi) is 3.32. The van der Waals surface area contributed by atoms with Crippen molar-refractivity contribution in [1.29, 1.82) is 0 Å². The predicted molar refractivity (Wildman–Crippen MR) is 69.9 cm³/mol. The number of aryl methyl sites for hydroxylation is 1. The topological polar surface area (TPSA) is 13.1 Å². The monoisotopic (exact) mass is 242 g/mol. The van der Waals surface area contributed by atoms with E-state index in [0.29, 0.717) is 6.54 Å². The fourth-order valence-corrected chi connectivity index (χ4v) is 2.68. The Bertz CT molecular complexity index is 628. The summed E-state index contributed by atoms with van der Waals surface area (Å²) in [6, 6.07) is 5.94. The van der Waals surface area contributed by atoms with Crippen LogP contribution in [0.15, 0.2) is 18.2 Å². The molecule has 2 aromatic rings. The normalized spacial score (nSPS) is 9.82. The number of hydrogen-bond acceptors (Lipinski definition) is 2. The molecule has 0 N–H and O–H groups in total. The van der Waals surface area contributed by atoms with Crippen molar-refractivity contribution in [1.82, 2.24) is 0 Å². The van der Waals surface area contributed by atoms with Crippen molar-refractivity contribution in [3.8, 4) is 30.4 Å². The zero-order valence-corrected chi connectivity index (χ0v) is 10.4. The van der Waals surface area contributed by atoms with E-state index in [1.54, 1.807) is 11.3 Å². The van der Waals surface area contributed by atoms with E-state index in [-0.39, 0.29) is 6.61 Å². The quantitative estimate of drug-likeness (QED) is 0.593. The van der Waals surface area contributed by atoms with Gasteiger partial charge in [-0.1, -0.05) is 17.3 Å². The highest BCUT2D eigenvalue weighted by Crippen LogP contribution is 2.24. The van der Waals surface area contributed by atoms with Crippen LogP contribution < -0.4 is 9.30 Å². The molecule has 17 heavy (non-hydrogen) atoms. The molecule has 0 aliphatic carbocycles. The van der Waals surface area contributed by atoms with Gasteiger partial charge in [0, 0.05) is 6.92 Å². The van der Waals surface area contributed by atoms with Crippen LogP contribution in [0, 0.1) is 31.6 Å². The average Bonchev–Trinajstić information content (AvgIpc) is 2.64. The third kappa shape index (κ3) is 2.25. The summed E-state index contributed by atoms with van der Waals surface area (Å²) in [5.74, 6) is 5.89. The van der Waals surface area contributed by atoms with E-state index in [2.05, 4.69) is 23.3 Å². The Labute approximate surface area is 105 Å². The number of aromatic nitrogens is 1. The highest BCUT2D eigenvalue weighted by atomic mass is 32.1. The minimum absolute atomic E-state index is 0.282. The summed E-state index contributed by atoms with van der Waals surface area (Å²) in [5, 5.41) is 1.19. The van der Waals surface area contributed by atoms with Gasteiger partial charge in [-0.3, -0.25) is 0 Å². The number of fused-ring (bicyclic) bond motifs is 1. The maximum Gasteiger partial charge on any atom is 0.236 e. The Morgan fingerprint density at radius 1 is 1.35 bits per heavy atom. The van der Waals surface area contributed by atoms with Crippen LogP contribution in [0.5, 0.6) is 5.75 Å². The molecule has 0 bridgehead atoms. The van der Waals surface area contributed by atoms with Gasteiger partial charge in [0.15, 0.2) is 0 Å². The summed E-state index contributed by atoms with van der Waals surface area (Å²) in [6.45, 7) is 2.91. The first kappa shape index (κ1) is 11.5. The number of hydrogen-bond donors (Lipinski definition) is 0. The lowest BCUT2D eigenvalue weighted by atomic mass is 10.3. The van der Waals surface area contributed by atoms with Gasteiger partial charge in [0.05, 0.1) is 6.07 Å². The van der Waals surface area contributed by atoms with Crippen LogP contribution in [0.4, 0.5) is 0 Å². The molecule has 0 unspecified atom stereocenters. The molecule has 0 saturated heterocycles. The molecule has 0 amide bonds. The number of terminal acetylenes is 2.